The van der Waals surface area contributed by atoms with Crippen LogP contribution in [0.15, 0.2) is 18.2 Å². The number of piperidine rings is 1. The summed E-state index contributed by atoms with van der Waals surface area (Å²) in [5, 5.41) is 6.54. The van der Waals surface area contributed by atoms with E-state index in [2.05, 4.69) is 10.6 Å². The number of likely N-dealkylation sites (tertiary alicyclic amines) is 1. The highest BCUT2D eigenvalue weighted by atomic mass is 35.5. The lowest BCUT2D eigenvalue weighted by molar-refractivity contribution is -0.129. The van der Waals surface area contributed by atoms with Crippen molar-refractivity contribution in [2.75, 3.05) is 24.3 Å². The van der Waals surface area contributed by atoms with E-state index in [0.717, 1.165) is 11.3 Å². The van der Waals surface area contributed by atoms with Crippen molar-refractivity contribution in [1.82, 2.24) is 10.2 Å². The minimum atomic E-state index is -0.457. The largest absolute Gasteiger partial charge is 0.362 e. The summed E-state index contributed by atoms with van der Waals surface area (Å²) in [7, 11) is 0. The Bertz CT molecular complexity index is 595. The van der Waals surface area contributed by atoms with Gasteiger partial charge in [-0.2, -0.15) is 0 Å². The Morgan fingerprint density at radius 3 is 2.71 bits per heavy atom. The second-order valence-electron chi connectivity index (χ2n) is 5.67. The van der Waals surface area contributed by atoms with E-state index in [9.17, 15) is 9.59 Å². The van der Waals surface area contributed by atoms with Crippen molar-refractivity contribution in [3.8, 4) is 0 Å². The molecule has 0 unspecified atom stereocenters. The molecule has 0 radical (unpaired) electrons. The number of carbonyl (C=O) groups is 2. The Hall–Kier alpha value is -1.75. The molecule has 0 aliphatic carbocycles. The van der Waals surface area contributed by atoms with E-state index in [1.54, 1.807) is 4.90 Å². The molecule has 3 rings (SSSR count). The smallest absolute Gasteiger partial charge is 0.255 e. The van der Waals surface area contributed by atoms with Gasteiger partial charge in [-0.1, -0.05) is 12.1 Å². The van der Waals surface area contributed by atoms with Gasteiger partial charge in [-0.3, -0.25) is 9.59 Å². The summed E-state index contributed by atoms with van der Waals surface area (Å²) in [5.74, 6) is -0.0849. The first-order valence-electron chi connectivity index (χ1n) is 7.09. The number of carbonyl (C=O) groups excluding carboxylic acids is 2. The molecule has 0 atom stereocenters. The summed E-state index contributed by atoms with van der Waals surface area (Å²) in [5.41, 5.74) is 2.08. The highest BCUT2D eigenvalue weighted by Crippen LogP contribution is 2.32. The van der Waals surface area contributed by atoms with Crippen molar-refractivity contribution in [2.45, 2.75) is 25.4 Å². The van der Waals surface area contributed by atoms with Gasteiger partial charge in [-0.05, 0) is 18.6 Å². The monoisotopic (exact) mass is 307 g/mol. The molecule has 2 amide bonds. The van der Waals surface area contributed by atoms with Gasteiger partial charge in [0.2, 0.25) is 5.91 Å². The van der Waals surface area contributed by atoms with Crippen LogP contribution in [0.3, 0.4) is 0 Å². The third kappa shape index (κ3) is 2.46. The molecule has 1 aromatic carbocycles. The maximum Gasteiger partial charge on any atom is 0.255 e. The second-order valence-corrected chi connectivity index (χ2v) is 5.94. The maximum atomic E-state index is 12.4. The number of halogens is 1. The SMILES string of the molecule is Cc1cccc2c1C(=O)NC1(CCN(C(=O)CCl)CC1)N2. The van der Waals surface area contributed by atoms with Crippen LogP contribution < -0.4 is 10.6 Å². The van der Waals surface area contributed by atoms with Crippen LogP contribution in [-0.2, 0) is 4.79 Å². The van der Waals surface area contributed by atoms with Crippen molar-refractivity contribution in [3.63, 3.8) is 0 Å². The zero-order chi connectivity index (χ0) is 15.0. The fourth-order valence-electron chi connectivity index (χ4n) is 3.11. The van der Waals surface area contributed by atoms with Crippen LogP contribution in [0.25, 0.3) is 0 Å². The first-order valence-corrected chi connectivity index (χ1v) is 7.62. The van der Waals surface area contributed by atoms with Gasteiger partial charge in [-0.15, -0.1) is 11.6 Å². The molecule has 2 N–H and O–H groups in total. The first-order chi connectivity index (χ1) is 10.0. The maximum absolute atomic E-state index is 12.4. The van der Waals surface area contributed by atoms with E-state index in [0.29, 0.717) is 31.5 Å². The molecule has 0 saturated carbocycles. The van der Waals surface area contributed by atoms with Crippen LogP contribution in [0.1, 0.15) is 28.8 Å². The third-order valence-corrected chi connectivity index (χ3v) is 4.54. The van der Waals surface area contributed by atoms with Crippen LogP contribution in [0.2, 0.25) is 0 Å². The lowest BCUT2D eigenvalue weighted by atomic mass is 9.91. The summed E-state index contributed by atoms with van der Waals surface area (Å²) < 4.78 is 0. The van der Waals surface area contributed by atoms with Gasteiger partial charge in [0.15, 0.2) is 0 Å². The van der Waals surface area contributed by atoms with Crippen LogP contribution in [0.4, 0.5) is 5.69 Å². The molecule has 2 aliphatic rings. The second kappa shape index (κ2) is 5.22. The lowest BCUT2D eigenvalue weighted by Crippen LogP contribution is -2.63. The number of alkyl halides is 1. The molecule has 5 nitrogen and oxygen atoms in total. The number of rotatable bonds is 1. The predicted molar refractivity (Wildman–Crippen MR) is 81.5 cm³/mol. The number of hydrogen-bond donors (Lipinski definition) is 2. The molecule has 6 heteroatoms. The Labute approximate surface area is 128 Å². The molecule has 1 fully saturated rings. The van der Waals surface area contributed by atoms with Crippen molar-refractivity contribution in [2.24, 2.45) is 0 Å². The Morgan fingerprint density at radius 1 is 1.33 bits per heavy atom. The van der Waals surface area contributed by atoms with Crippen molar-refractivity contribution in [3.05, 3.63) is 29.3 Å². The summed E-state index contributed by atoms with van der Waals surface area (Å²) >= 11 is 5.59. The zero-order valence-corrected chi connectivity index (χ0v) is 12.7. The molecule has 1 saturated heterocycles. The van der Waals surface area contributed by atoms with Gasteiger partial charge in [0.1, 0.15) is 11.5 Å². The van der Waals surface area contributed by atoms with Crippen molar-refractivity contribution >= 4 is 29.1 Å². The number of nitrogens with zero attached hydrogens (tertiary/aromatic N) is 1. The normalized spacial score (nSPS) is 19.7. The molecule has 0 bridgehead atoms. The topological polar surface area (TPSA) is 61.4 Å². The van der Waals surface area contributed by atoms with E-state index in [1.165, 1.54) is 0 Å². The average molecular weight is 308 g/mol. The van der Waals surface area contributed by atoms with Crippen molar-refractivity contribution in [1.29, 1.82) is 0 Å². The molecular weight excluding hydrogens is 290 g/mol. The molecular formula is C15H18ClN3O2. The Balaban J connectivity index is 1.81. The molecule has 1 aromatic rings. The van der Waals surface area contributed by atoms with Gasteiger partial charge >= 0.3 is 0 Å². The number of amides is 2. The van der Waals surface area contributed by atoms with E-state index in [1.807, 2.05) is 25.1 Å². The zero-order valence-electron chi connectivity index (χ0n) is 11.9. The number of aryl methyl sites for hydroxylation is 1. The number of benzene rings is 1. The molecule has 2 heterocycles. The van der Waals surface area contributed by atoms with Crippen LogP contribution in [0.5, 0.6) is 0 Å². The highest BCUT2D eigenvalue weighted by Gasteiger charge is 2.41. The molecule has 1 spiro atoms. The third-order valence-electron chi connectivity index (χ3n) is 4.31. The van der Waals surface area contributed by atoms with Crippen LogP contribution in [0, 0.1) is 6.92 Å². The summed E-state index contributed by atoms with van der Waals surface area (Å²) in [6.45, 7) is 3.12. The quantitative estimate of drug-likeness (QED) is 0.777. The van der Waals surface area contributed by atoms with E-state index in [-0.39, 0.29) is 17.7 Å². The molecule has 0 aromatic heterocycles. The Morgan fingerprint density at radius 2 is 2.05 bits per heavy atom. The van der Waals surface area contributed by atoms with E-state index < -0.39 is 5.66 Å². The molecule has 2 aliphatic heterocycles. The average Bonchev–Trinajstić information content (AvgIpc) is 2.47. The van der Waals surface area contributed by atoms with Gasteiger partial charge in [0.25, 0.3) is 5.91 Å². The molecule has 21 heavy (non-hydrogen) atoms. The fourth-order valence-corrected chi connectivity index (χ4v) is 3.28. The summed E-state index contributed by atoms with van der Waals surface area (Å²) in [6.07, 6.45) is 1.35. The highest BCUT2D eigenvalue weighted by molar-refractivity contribution is 6.27. The first kappa shape index (κ1) is 14.2. The standard InChI is InChI=1S/C15H18ClN3O2/c1-10-3-2-4-11-13(10)14(21)18-15(17-11)5-7-19(8-6-15)12(20)9-16/h2-4,17H,5-9H2,1H3,(H,18,21). The number of hydrogen-bond acceptors (Lipinski definition) is 3. The van der Waals surface area contributed by atoms with E-state index in [4.69, 9.17) is 11.6 Å². The summed E-state index contributed by atoms with van der Waals surface area (Å²) in [4.78, 5) is 25.8. The number of fused-ring (bicyclic) bond motifs is 1. The van der Waals surface area contributed by atoms with Gasteiger partial charge in [0, 0.05) is 31.6 Å². The van der Waals surface area contributed by atoms with Crippen LogP contribution in [-0.4, -0.2) is 41.3 Å². The number of anilines is 1. The van der Waals surface area contributed by atoms with Crippen molar-refractivity contribution < 1.29 is 9.59 Å². The fraction of sp³-hybridized carbons (Fsp3) is 0.467. The van der Waals surface area contributed by atoms with E-state index >= 15 is 0 Å². The molecule has 112 valence electrons. The summed E-state index contributed by atoms with van der Waals surface area (Å²) in [6, 6.07) is 5.80. The Kier molecular flexibility index (Phi) is 3.53. The predicted octanol–water partition coefficient (Wildman–Crippen LogP) is 1.71. The minimum Gasteiger partial charge on any atom is -0.362 e. The van der Waals surface area contributed by atoms with Gasteiger partial charge < -0.3 is 15.5 Å². The lowest BCUT2D eigenvalue weighted by Gasteiger charge is -2.46. The minimum absolute atomic E-state index is 0.00875. The van der Waals surface area contributed by atoms with Gasteiger partial charge in [-0.25, -0.2) is 0 Å². The van der Waals surface area contributed by atoms with Gasteiger partial charge in [0.05, 0.1) is 5.56 Å². The number of nitrogens with one attached hydrogen (secondary N) is 2. The van der Waals surface area contributed by atoms with Crippen LogP contribution >= 0.6 is 11.6 Å².